The van der Waals surface area contributed by atoms with Gasteiger partial charge in [-0.05, 0) is 70.4 Å². The molecular weight excluding hydrogens is 454 g/mol. The first-order chi connectivity index (χ1) is 17.1. The van der Waals surface area contributed by atoms with Gasteiger partial charge < -0.3 is 20.1 Å². The van der Waals surface area contributed by atoms with Gasteiger partial charge in [-0.1, -0.05) is 54.6 Å². The largest absolute Gasteiger partial charge is 0.497 e. The van der Waals surface area contributed by atoms with Gasteiger partial charge in [-0.25, -0.2) is 0 Å². The van der Waals surface area contributed by atoms with Gasteiger partial charge in [0.2, 0.25) is 0 Å². The van der Waals surface area contributed by atoms with E-state index in [1.807, 2.05) is 24.3 Å². The molecule has 1 atom stereocenters. The van der Waals surface area contributed by atoms with E-state index in [1.165, 1.54) is 16.7 Å². The molecule has 0 saturated heterocycles. The van der Waals surface area contributed by atoms with Crippen molar-refractivity contribution in [2.45, 2.75) is 12.6 Å². The van der Waals surface area contributed by atoms with Crippen LogP contribution in [-0.2, 0) is 6.54 Å². The van der Waals surface area contributed by atoms with E-state index in [1.54, 1.807) is 14.2 Å². The highest BCUT2D eigenvalue weighted by Gasteiger charge is 2.33. The molecule has 0 aliphatic carbocycles. The molecule has 2 aliphatic rings. The number of ether oxygens (including phenoxy) is 2. The molecule has 2 N–H and O–H groups in total. The molecule has 2 aliphatic heterocycles. The van der Waals surface area contributed by atoms with E-state index in [-0.39, 0.29) is 6.04 Å². The second-order valence-corrected chi connectivity index (χ2v) is 9.19. The predicted molar refractivity (Wildman–Crippen MR) is 144 cm³/mol. The van der Waals surface area contributed by atoms with Crippen LogP contribution in [0.5, 0.6) is 11.5 Å². The Morgan fingerprint density at radius 2 is 1.54 bits per heavy atom. The summed E-state index contributed by atoms with van der Waals surface area (Å²) in [5.74, 6) is 1.69. The second-order valence-electron chi connectivity index (χ2n) is 8.78. The molecule has 35 heavy (non-hydrogen) atoms. The maximum absolute atomic E-state index is 5.65. The Morgan fingerprint density at radius 3 is 2.20 bits per heavy atom. The van der Waals surface area contributed by atoms with E-state index in [9.17, 15) is 0 Å². The third-order valence-electron chi connectivity index (χ3n) is 6.45. The molecular formula is C29H29N3O2S. The van der Waals surface area contributed by atoms with Crippen molar-refractivity contribution in [3.05, 3.63) is 112 Å². The van der Waals surface area contributed by atoms with Crippen LogP contribution in [0.25, 0.3) is 6.08 Å². The monoisotopic (exact) mass is 483 g/mol. The highest BCUT2D eigenvalue weighted by atomic mass is 32.1. The van der Waals surface area contributed by atoms with Crippen molar-refractivity contribution in [1.82, 2.24) is 15.5 Å². The highest BCUT2D eigenvalue weighted by molar-refractivity contribution is 7.80. The van der Waals surface area contributed by atoms with Crippen LogP contribution < -0.4 is 20.1 Å². The van der Waals surface area contributed by atoms with E-state index in [0.29, 0.717) is 5.11 Å². The quantitative estimate of drug-likeness (QED) is 0.477. The molecule has 178 valence electrons. The Bertz CT molecular complexity index is 1250. The summed E-state index contributed by atoms with van der Waals surface area (Å²) < 4.78 is 10.7. The lowest BCUT2D eigenvalue weighted by molar-refractivity contribution is 0.292. The van der Waals surface area contributed by atoms with Gasteiger partial charge in [0.05, 0.1) is 20.3 Å². The third kappa shape index (κ3) is 5.24. The van der Waals surface area contributed by atoms with Gasteiger partial charge in [-0.15, -0.1) is 0 Å². The summed E-state index contributed by atoms with van der Waals surface area (Å²) >= 11 is 5.65. The Hall–Kier alpha value is -3.61. The van der Waals surface area contributed by atoms with Crippen LogP contribution >= 0.6 is 12.2 Å². The number of methoxy groups -OCH3 is 2. The molecule has 0 bridgehead atoms. The lowest BCUT2D eigenvalue weighted by Gasteiger charge is -2.40. The van der Waals surface area contributed by atoms with Gasteiger partial charge in [0.1, 0.15) is 11.5 Å². The minimum Gasteiger partial charge on any atom is -0.497 e. The number of hydrogen-bond donors (Lipinski definition) is 2. The number of nitrogens with zero attached hydrogens (tertiary/aromatic N) is 1. The van der Waals surface area contributed by atoms with E-state index in [0.717, 1.165) is 48.0 Å². The smallest absolute Gasteiger partial charge is 0.171 e. The summed E-state index contributed by atoms with van der Waals surface area (Å²) in [4.78, 5) is 2.48. The minimum absolute atomic E-state index is 0.0116. The summed E-state index contributed by atoms with van der Waals surface area (Å²) in [7, 11) is 3.37. The zero-order valence-electron chi connectivity index (χ0n) is 20.0. The third-order valence-corrected chi connectivity index (χ3v) is 6.67. The first-order valence-electron chi connectivity index (χ1n) is 11.7. The summed E-state index contributed by atoms with van der Waals surface area (Å²) in [6.45, 7) is 2.53. The summed E-state index contributed by atoms with van der Waals surface area (Å²) in [5, 5.41) is 7.62. The predicted octanol–water partition coefficient (Wildman–Crippen LogP) is 5.08. The first-order valence-corrected chi connectivity index (χ1v) is 12.1. The van der Waals surface area contributed by atoms with Gasteiger partial charge in [0.15, 0.2) is 5.11 Å². The number of rotatable bonds is 6. The number of thiocarbonyl (C=S) groups is 1. The van der Waals surface area contributed by atoms with Gasteiger partial charge in [-0.3, -0.25) is 4.90 Å². The van der Waals surface area contributed by atoms with Gasteiger partial charge in [0, 0.05) is 25.3 Å². The van der Waals surface area contributed by atoms with Crippen molar-refractivity contribution in [3.8, 4) is 11.5 Å². The van der Waals surface area contributed by atoms with Crippen LogP contribution in [0.3, 0.4) is 0 Å². The Balaban J connectivity index is 1.55. The number of nitrogens with one attached hydrogen (secondary N) is 2. The molecule has 5 nitrogen and oxygen atoms in total. The molecule has 1 unspecified atom stereocenters. The highest BCUT2D eigenvalue weighted by Crippen LogP contribution is 2.35. The van der Waals surface area contributed by atoms with Gasteiger partial charge in [-0.2, -0.15) is 0 Å². The van der Waals surface area contributed by atoms with E-state index < -0.39 is 0 Å². The molecule has 3 aromatic carbocycles. The molecule has 3 aromatic rings. The van der Waals surface area contributed by atoms with Crippen LogP contribution in [0, 0.1) is 0 Å². The first kappa shape index (κ1) is 23.1. The standard InChI is InChI=1S/C29H29N3O2S/c1-33-24-12-8-20(9-13-24)16-23-18-32(17-21-6-4-3-5-7-21)19-26-27(30-29(35)31-28(23)26)22-10-14-25(34-2)15-11-22/h3-16,27H,17-19H2,1-2H3,(H2,30,31,35)/b23-16+. The van der Waals surface area contributed by atoms with Crippen LogP contribution in [0.15, 0.2) is 95.7 Å². The van der Waals surface area contributed by atoms with Crippen molar-refractivity contribution in [2.75, 3.05) is 27.3 Å². The SMILES string of the molecule is COc1ccc(/C=C2\CN(Cc3ccccc3)CC3=C2NC(=S)NC3c2ccc(OC)cc2)cc1. The molecule has 5 rings (SSSR count). The van der Waals surface area contributed by atoms with Crippen LogP contribution in [0.1, 0.15) is 22.7 Å². The van der Waals surface area contributed by atoms with Gasteiger partial charge >= 0.3 is 0 Å². The molecule has 6 heteroatoms. The zero-order chi connectivity index (χ0) is 24.2. The zero-order valence-corrected chi connectivity index (χ0v) is 20.8. The summed E-state index contributed by atoms with van der Waals surface area (Å²) in [5.41, 5.74) is 7.21. The summed E-state index contributed by atoms with van der Waals surface area (Å²) in [6, 6.07) is 27.0. The molecule has 0 amide bonds. The second kappa shape index (κ2) is 10.3. The Morgan fingerprint density at radius 1 is 0.886 bits per heavy atom. The minimum atomic E-state index is -0.0116. The molecule has 0 fully saturated rings. The van der Waals surface area contributed by atoms with Crippen molar-refractivity contribution in [3.63, 3.8) is 0 Å². The maximum atomic E-state index is 5.65. The van der Waals surface area contributed by atoms with Crippen LogP contribution in [-0.4, -0.2) is 37.3 Å². The maximum Gasteiger partial charge on any atom is 0.171 e. The average Bonchev–Trinajstić information content (AvgIpc) is 2.90. The van der Waals surface area contributed by atoms with Crippen molar-refractivity contribution in [1.29, 1.82) is 0 Å². The molecule has 2 heterocycles. The fraction of sp³-hybridized carbons (Fsp3) is 0.207. The average molecular weight is 484 g/mol. The Kier molecular flexibility index (Phi) is 6.84. The van der Waals surface area contributed by atoms with Crippen LogP contribution in [0.2, 0.25) is 0 Å². The van der Waals surface area contributed by atoms with E-state index in [4.69, 9.17) is 21.7 Å². The Labute approximate surface area is 212 Å². The molecule has 0 aromatic heterocycles. The normalized spacial score (nSPS) is 19.1. The lowest BCUT2D eigenvalue weighted by Crippen LogP contribution is -2.49. The summed E-state index contributed by atoms with van der Waals surface area (Å²) in [6.07, 6.45) is 2.25. The molecule has 0 radical (unpaired) electrons. The van der Waals surface area contributed by atoms with Crippen LogP contribution in [0.4, 0.5) is 0 Å². The van der Waals surface area contributed by atoms with Crippen molar-refractivity contribution < 1.29 is 9.47 Å². The fourth-order valence-corrected chi connectivity index (χ4v) is 4.94. The lowest BCUT2D eigenvalue weighted by atomic mass is 9.88. The number of hydrogen-bond acceptors (Lipinski definition) is 4. The molecule has 0 spiro atoms. The number of benzene rings is 3. The topological polar surface area (TPSA) is 45.8 Å². The van der Waals surface area contributed by atoms with Gasteiger partial charge in [0.25, 0.3) is 0 Å². The fourth-order valence-electron chi connectivity index (χ4n) is 4.72. The van der Waals surface area contributed by atoms with Crippen molar-refractivity contribution >= 4 is 23.4 Å². The van der Waals surface area contributed by atoms with E-state index in [2.05, 4.69) is 76.2 Å². The van der Waals surface area contributed by atoms with E-state index >= 15 is 0 Å². The molecule has 0 saturated carbocycles. The van der Waals surface area contributed by atoms with Crippen molar-refractivity contribution in [2.24, 2.45) is 0 Å².